The molecule has 6 nitrogen and oxygen atoms in total. The second-order valence-corrected chi connectivity index (χ2v) is 9.42. The van der Waals surface area contributed by atoms with Crippen molar-refractivity contribution in [2.24, 2.45) is 17.8 Å². The Morgan fingerprint density at radius 3 is 2.41 bits per heavy atom. The van der Waals surface area contributed by atoms with E-state index in [1.165, 1.54) is 18.2 Å². The summed E-state index contributed by atoms with van der Waals surface area (Å²) in [6, 6.07) is 11.8. The molecule has 1 aliphatic heterocycles. The number of carbonyl (C=O) groups excluding carboxylic acids is 4. The van der Waals surface area contributed by atoms with Gasteiger partial charge in [-0.3, -0.25) is 19.2 Å². The predicted molar refractivity (Wildman–Crippen MR) is 129 cm³/mol. The Bertz CT molecular complexity index is 1180. The number of ketones is 1. The van der Waals surface area contributed by atoms with Crippen LogP contribution in [0.15, 0.2) is 60.7 Å². The van der Waals surface area contributed by atoms with E-state index in [1.54, 1.807) is 37.3 Å². The Hall–Kier alpha value is -2.96. The number of hydrogen-bond acceptors (Lipinski definition) is 4. The van der Waals surface area contributed by atoms with Crippen molar-refractivity contribution in [2.75, 3.05) is 0 Å². The van der Waals surface area contributed by atoms with Crippen LogP contribution in [0.3, 0.4) is 0 Å². The van der Waals surface area contributed by atoms with Crippen molar-refractivity contribution in [1.29, 1.82) is 0 Å². The van der Waals surface area contributed by atoms with Gasteiger partial charge < -0.3 is 0 Å². The summed E-state index contributed by atoms with van der Waals surface area (Å²) < 4.78 is 0. The molecule has 1 saturated heterocycles. The lowest BCUT2D eigenvalue weighted by atomic mass is 9.78. The Kier molecular flexibility index (Phi) is 6.91. The highest BCUT2D eigenvalue weighted by Gasteiger charge is 2.54. The molecule has 1 aliphatic carbocycles. The van der Waals surface area contributed by atoms with E-state index in [1.807, 2.05) is 19.1 Å². The van der Waals surface area contributed by atoms with Crippen LogP contribution < -0.4 is 0 Å². The van der Waals surface area contributed by atoms with Crippen molar-refractivity contribution in [3.63, 3.8) is 0 Å². The van der Waals surface area contributed by atoms with Crippen LogP contribution in [0.1, 0.15) is 47.4 Å². The average molecular weight is 499 g/mol. The monoisotopic (exact) mass is 498 g/mol. The van der Waals surface area contributed by atoms with E-state index in [0.29, 0.717) is 17.0 Å². The molecule has 3 amide bonds. The van der Waals surface area contributed by atoms with E-state index in [4.69, 9.17) is 23.2 Å². The van der Waals surface area contributed by atoms with E-state index < -0.39 is 35.6 Å². The smallest absolute Gasteiger partial charge is 0.275 e. The summed E-state index contributed by atoms with van der Waals surface area (Å²) in [6.45, 7) is 3.61. The molecular weight excluding hydrogens is 475 g/mol. The standard InChI is InChI=1S/C26H24Cl2N2O4/c1-3-21(23(31)16-9-5-4-6-10-16)29(24(32)18-13-12-17(27)14-20(18)28)30-25(33)19-11-7-8-15(2)22(19)26(30)34/h4-10,12-15,19,21-22H,3,11H2,1-2H3/t15-,19-,21-,22-/m1/s1. The Labute approximate surface area is 208 Å². The first-order chi connectivity index (χ1) is 16.3. The summed E-state index contributed by atoms with van der Waals surface area (Å²) in [4.78, 5) is 54.5. The van der Waals surface area contributed by atoms with E-state index in [9.17, 15) is 19.2 Å². The fourth-order valence-corrected chi connectivity index (χ4v) is 5.25. The van der Waals surface area contributed by atoms with Gasteiger partial charge in [-0.05, 0) is 37.0 Å². The van der Waals surface area contributed by atoms with Crippen molar-refractivity contribution in [3.05, 3.63) is 81.9 Å². The molecule has 34 heavy (non-hydrogen) atoms. The van der Waals surface area contributed by atoms with Crippen molar-refractivity contribution in [2.45, 2.75) is 32.7 Å². The van der Waals surface area contributed by atoms with Gasteiger partial charge in [-0.25, -0.2) is 5.01 Å². The number of benzene rings is 2. The maximum atomic E-state index is 13.9. The maximum absolute atomic E-state index is 13.9. The summed E-state index contributed by atoms with van der Waals surface area (Å²) in [7, 11) is 0. The second-order valence-electron chi connectivity index (χ2n) is 8.57. The van der Waals surface area contributed by atoms with Crippen LogP contribution in [0.5, 0.6) is 0 Å². The highest BCUT2D eigenvalue weighted by molar-refractivity contribution is 6.36. The number of rotatable bonds is 6. The van der Waals surface area contributed by atoms with Gasteiger partial charge >= 0.3 is 0 Å². The molecule has 4 rings (SSSR count). The Morgan fingerprint density at radius 1 is 1.09 bits per heavy atom. The van der Waals surface area contributed by atoms with Gasteiger partial charge in [0, 0.05) is 10.6 Å². The number of Topliss-reactive ketones (excluding diaryl/α,β-unsaturated/α-hetero) is 1. The number of nitrogens with zero attached hydrogens (tertiary/aromatic N) is 2. The summed E-state index contributed by atoms with van der Waals surface area (Å²) in [6.07, 6.45) is 4.38. The summed E-state index contributed by atoms with van der Waals surface area (Å²) in [5, 5.41) is 2.30. The van der Waals surface area contributed by atoms with Crippen LogP contribution in [-0.2, 0) is 9.59 Å². The topological polar surface area (TPSA) is 74.8 Å². The lowest BCUT2D eigenvalue weighted by molar-refractivity contribution is -0.156. The number of allylic oxidation sites excluding steroid dienone is 2. The number of hydrogen-bond donors (Lipinski definition) is 0. The van der Waals surface area contributed by atoms with Gasteiger partial charge in [-0.15, -0.1) is 0 Å². The quantitative estimate of drug-likeness (QED) is 0.311. The molecule has 0 bridgehead atoms. The van der Waals surface area contributed by atoms with Gasteiger partial charge in [0.25, 0.3) is 17.7 Å². The van der Waals surface area contributed by atoms with Gasteiger partial charge in [0.05, 0.1) is 22.4 Å². The van der Waals surface area contributed by atoms with E-state index in [2.05, 4.69) is 0 Å². The minimum absolute atomic E-state index is 0.0482. The molecule has 4 atom stereocenters. The molecule has 1 fully saturated rings. The largest absolute Gasteiger partial charge is 0.292 e. The zero-order chi connectivity index (χ0) is 24.6. The third-order valence-electron chi connectivity index (χ3n) is 6.48. The number of halogens is 2. The Balaban J connectivity index is 1.83. The first kappa shape index (κ1) is 24.2. The second kappa shape index (κ2) is 9.72. The van der Waals surface area contributed by atoms with Crippen molar-refractivity contribution in [3.8, 4) is 0 Å². The van der Waals surface area contributed by atoms with Crippen LogP contribution >= 0.6 is 23.2 Å². The third kappa shape index (κ3) is 4.17. The van der Waals surface area contributed by atoms with Gasteiger partial charge in [-0.2, -0.15) is 5.01 Å². The van der Waals surface area contributed by atoms with Crippen LogP contribution in [0.2, 0.25) is 10.0 Å². The molecule has 0 N–H and O–H groups in total. The predicted octanol–water partition coefficient (Wildman–Crippen LogP) is 5.21. The van der Waals surface area contributed by atoms with E-state index >= 15 is 0 Å². The molecule has 0 radical (unpaired) electrons. The van der Waals surface area contributed by atoms with Crippen LogP contribution in [0, 0.1) is 17.8 Å². The molecule has 8 heteroatoms. The zero-order valence-corrected chi connectivity index (χ0v) is 20.3. The molecule has 2 aromatic carbocycles. The highest BCUT2D eigenvalue weighted by atomic mass is 35.5. The van der Waals surface area contributed by atoms with Crippen LogP contribution in [0.4, 0.5) is 0 Å². The lowest BCUT2D eigenvalue weighted by Gasteiger charge is -2.36. The number of fused-ring (bicyclic) bond motifs is 1. The normalized spacial score (nSPS) is 22.5. The van der Waals surface area contributed by atoms with Gasteiger partial charge in [-0.1, -0.05) is 79.5 Å². The van der Waals surface area contributed by atoms with Gasteiger partial charge in [0.15, 0.2) is 5.78 Å². The SMILES string of the molecule is CC[C@H](C(=O)c1ccccc1)N(C(=O)c1ccc(Cl)cc1Cl)N1C(=O)[C@@H]2[C@H](C)C=CC[C@H]2C1=O. The van der Waals surface area contributed by atoms with Gasteiger partial charge in [0.2, 0.25) is 0 Å². The molecular formula is C26H24Cl2N2O4. The first-order valence-electron chi connectivity index (χ1n) is 11.2. The zero-order valence-electron chi connectivity index (χ0n) is 18.8. The van der Waals surface area contributed by atoms with E-state index in [-0.39, 0.29) is 28.7 Å². The van der Waals surface area contributed by atoms with Gasteiger partial charge in [0.1, 0.15) is 6.04 Å². The molecule has 176 valence electrons. The minimum atomic E-state index is -1.09. The minimum Gasteiger partial charge on any atom is -0.292 e. The maximum Gasteiger partial charge on any atom is 0.275 e. The number of hydrazine groups is 1. The lowest BCUT2D eigenvalue weighted by Crippen LogP contribution is -2.57. The molecule has 0 aromatic heterocycles. The summed E-state index contributed by atoms with van der Waals surface area (Å²) in [5.74, 6) is -3.37. The number of carbonyl (C=O) groups is 4. The highest BCUT2D eigenvalue weighted by Crippen LogP contribution is 2.40. The molecule has 2 aromatic rings. The summed E-state index contributed by atoms with van der Waals surface area (Å²) in [5.41, 5.74) is 0.424. The van der Waals surface area contributed by atoms with E-state index in [0.717, 1.165) is 10.0 Å². The third-order valence-corrected chi connectivity index (χ3v) is 7.03. The van der Waals surface area contributed by atoms with Crippen molar-refractivity contribution >= 4 is 46.7 Å². The summed E-state index contributed by atoms with van der Waals surface area (Å²) >= 11 is 12.3. The number of imide groups is 1. The molecule has 0 saturated carbocycles. The molecule has 2 aliphatic rings. The fourth-order valence-electron chi connectivity index (χ4n) is 4.77. The fraction of sp³-hybridized carbons (Fsp3) is 0.308. The Morgan fingerprint density at radius 2 is 1.79 bits per heavy atom. The van der Waals surface area contributed by atoms with Crippen LogP contribution in [-0.4, -0.2) is 39.6 Å². The average Bonchev–Trinajstić information content (AvgIpc) is 3.08. The number of amides is 3. The van der Waals surface area contributed by atoms with Crippen molar-refractivity contribution in [1.82, 2.24) is 10.0 Å². The molecule has 1 heterocycles. The van der Waals surface area contributed by atoms with Crippen LogP contribution in [0.25, 0.3) is 0 Å². The first-order valence-corrected chi connectivity index (χ1v) is 11.9. The van der Waals surface area contributed by atoms with Crippen molar-refractivity contribution < 1.29 is 19.2 Å². The molecule has 0 unspecified atom stereocenters. The molecule has 0 spiro atoms.